The van der Waals surface area contributed by atoms with E-state index in [1.807, 2.05) is 0 Å². The fourth-order valence-corrected chi connectivity index (χ4v) is 2.60. The monoisotopic (exact) mass is 395 g/mol. The fraction of sp³-hybridized carbons (Fsp3) is 0.100. The lowest BCUT2D eigenvalue weighted by Gasteiger charge is -2.08. The van der Waals surface area contributed by atoms with Crippen LogP contribution in [-0.2, 0) is 6.54 Å². The number of carbonyl (C=O) groups is 2. The van der Waals surface area contributed by atoms with Crippen molar-refractivity contribution in [3.8, 4) is 22.8 Å². The number of phenols is 1. The number of ether oxygens (including phenoxy) is 1. The number of hydrogen-bond donors (Lipinski definition) is 4. The van der Waals surface area contributed by atoms with Crippen molar-refractivity contribution in [3.05, 3.63) is 75.6 Å². The van der Waals surface area contributed by atoms with E-state index in [1.54, 1.807) is 18.2 Å². The Kier molecular flexibility index (Phi) is 5.59. The average molecular weight is 395 g/mol. The average Bonchev–Trinajstić information content (AvgIpc) is 2.73. The Bertz CT molecular complexity index is 1120. The molecule has 0 saturated heterocycles. The number of carboxylic acid groups (broad SMARTS) is 1. The summed E-state index contributed by atoms with van der Waals surface area (Å²) in [6.45, 7) is 0.114. The van der Waals surface area contributed by atoms with Gasteiger partial charge in [0, 0.05) is 12.1 Å². The maximum absolute atomic E-state index is 12.5. The molecule has 148 valence electrons. The van der Waals surface area contributed by atoms with Gasteiger partial charge in [-0.15, -0.1) is 0 Å². The highest BCUT2D eigenvalue weighted by Gasteiger charge is 2.14. The molecule has 0 spiro atoms. The van der Waals surface area contributed by atoms with Crippen LogP contribution in [0.2, 0.25) is 0 Å². The number of carboxylic acids is 1. The number of methoxy groups -OCH3 is 1. The highest BCUT2D eigenvalue weighted by atomic mass is 16.5. The number of H-pyrrole nitrogens is 1. The van der Waals surface area contributed by atoms with Gasteiger partial charge in [-0.2, -0.15) is 5.10 Å². The summed E-state index contributed by atoms with van der Waals surface area (Å²) in [5.41, 5.74) is 0.882. The van der Waals surface area contributed by atoms with Gasteiger partial charge in [0.05, 0.1) is 18.4 Å². The SMILES string of the molecule is COc1cc(-c2cc(C(=O)NCc3ccc(C(=O)O)cc3)c(=O)[nH]n2)ccc1O. The van der Waals surface area contributed by atoms with Crippen LogP contribution >= 0.6 is 0 Å². The highest BCUT2D eigenvalue weighted by molar-refractivity contribution is 5.94. The van der Waals surface area contributed by atoms with Crippen molar-refractivity contribution in [3.63, 3.8) is 0 Å². The summed E-state index contributed by atoms with van der Waals surface area (Å²) in [6, 6.07) is 11.9. The number of aromatic carboxylic acids is 1. The first-order valence-corrected chi connectivity index (χ1v) is 8.46. The highest BCUT2D eigenvalue weighted by Crippen LogP contribution is 2.30. The summed E-state index contributed by atoms with van der Waals surface area (Å²) in [7, 11) is 1.40. The molecule has 0 atom stereocenters. The second-order valence-electron chi connectivity index (χ2n) is 6.07. The number of phenolic OH excluding ortho intramolecular Hbond substituents is 1. The van der Waals surface area contributed by atoms with Gasteiger partial charge in [0.15, 0.2) is 11.5 Å². The zero-order chi connectivity index (χ0) is 21.0. The molecule has 3 rings (SSSR count). The lowest BCUT2D eigenvalue weighted by atomic mass is 10.1. The van der Waals surface area contributed by atoms with E-state index in [9.17, 15) is 19.5 Å². The number of carbonyl (C=O) groups excluding carboxylic acids is 1. The zero-order valence-corrected chi connectivity index (χ0v) is 15.3. The Balaban J connectivity index is 1.79. The third-order valence-electron chi connectivity index (χ3n) is 4.18. The topological polar surface area (TPSA) is 142 Å². The largest absolute Gasteiger partial charge is 0.504 e. The van der Waals surface area contributed by atoms with Crippen molar-refractivity contribution in [2.24, 2.45) is 0 Å². The van der Waals surface area contributed by atoms with E-state index >= 15 is 0 Å². The van der Waals surface area contributed by atoms with Crippen molar-refractivity contribution >= 4 is 11.9 Å². The van der Waals surface area contributed by atoms with Gasteiger partial charge in [-0.1, -0.05) is 12.1 Å². The summed E-state index contributed by atoms with van der Waals surface area (Å²) in [6.07, 6.45) is 0. The Labute approximate surface area is 164 Å². The third kappa shape index (κ3) is 4.41. The quantitative estimate of drug-likeness (QED) is 0.498. The van der Waals surface area contributed by atoms with Crippen molar-refractivity contribution in [1.82, 2.24) is 15.5 Å². The molecule has 0 radical (unpaired) electrons. The van der Waals surface area contributed by atoms with Gasteiger partial charge in [0.1, 0.15) is 5.56 Å². The minimum Gasteiger partial charge on any atom is -0.504 e. The second kappa shape index (κ2) is 8.26. The number of benzene rings is 2. The van der Waals surface area contributed by atoms with E-state index in [1.165, 1.54) is 37.4 Å². The van der Waals surface area contributed by atoms with Crippen LogP contribution in [-0.4, -0.2) is 39.4 Å². The molecule has 2 aromatic carbocycles. The van der Waals surface area contributed by atoms with E-state index in [4.69, 9.17) is 9.84 Å². The summed E-state index contributed by atoms with van der Waals surface area (Å²) >= 11 is 0. The van der Waals surface area contributed by atoms with E-state index in [-0.39, 0.29) is 29.2 Å². The molecule has 1 aromatic heterocycles. The van der Waals surface area contributed by atoms with Crippen molar-refractivity contribution < 1.29 is 24.5 Å². The Morgan fingerprint density at radius 2 is 1.86 bits per heavy atom. The first kappa shape index (κ1) is 19.6. The van der Waals surface area contributed by atoms with Crippen LogP contribution in [0.15, 0.2) is 53.3 Å². The number of hydrogen-bond acceptors (Lipinski definition) is 6. The number of amides is 1. The van der Waals surface area contributed by atoms with Gasteiger partial charge < -0.3 is 20.3 Å². The number of aromatic amines is 1. The number of nitrogens with one attached hydrogen (secondary N) is 2. The molecular weight excluding hydrogens is 378 g/mol. The molecule has 0 aliphatic rings. The molecule has 0 bridgehead atoms. The van der Waals surface area contributed by atoms with E-state index in [2.05, 4.69) is 15.5 Å². The molecule has 1 amide bonds. The molecule has 1 heterocycles. The Morgan fingerprint density at radius 1 is 1.14 bits per heavy atom. The lowest BCUT2D eigenvalue weighted by molar-refractivity contribution is 0.0696. The third-order valence-corrected chi connectivity index (χ3v) is 4.18. The molecule has 3 aromatic rings. The Hall–Kier alpha value is -4.14. The van der Waals surface area contributed by atoms with Gasteiger partial charge >= 0.3 is 5.97 Å². The minimum atomic E-state index is -1.04. The maximum atomic E-state index is 12.5. The van der Waals surface area contributed by atoms with Crippen LogP contribution in [0.4, 0.5) is 0 Å². The van der Waals surface area contributed by atoms with E-state index in [0.717, 1.165) is 0 Å². The van der Waals surface area contributed by atoms with Gasteiger partial charge in [0.2, 0.25) is 0 Å². The predicted molar refractivity (Wildman–Crippen MR) is 103 cm³/mol. The van der Waals surface area contributed by atoms with Crippen LogP contribution in [0.3, 0.4) is 0 Å². The summed E-state index contributed by atoms with van der Waals surface area (Å²) in [4.78, 5) is 35.4. The number of aromatic nitrogens is 2. The first-order valence-electron chi connectivity index (χ1n) is 8.46. The van der Waals surface area contributed by atoms with Crippen LogP contribution in [0, 0.1) is 0 Å². The molecule has 0 aliphatic carbocycles. The Morgan fingerprint density at radius 3 is 2.52 bits per heavy atom. The number of nitrogens with zero attached hydrogens (tertiary/aromatic N) is 1. The zero-order valence-electron chi connectivity index (χ0n) is 15.3. The molecule has 4 N–H and O–H groups in total. The molecule has 9 heteroatoms. The maximum Gasteiger partial charge on any atom is 0.335 e. The number of aromatic hydroxyl groups is 1. The molecule has 9 nitrogen and oxygen atoms in total. The number of rotatable bonds is 6. The van der Waals surface area contributed by atoms with Crippen LogP contribution in [0.25, 0.3) is 11.3 Å². The van der Waals surface area contributed by atoms with Crippen molar-refractivity contribution in [2.45, 2.75) is 6.54 Å². The minimum absolute atomic E-state index is 0.0486. The van der Waals surface area contributed by atoms with Gasteiger partial charge in [0.25, 0.3) is 11.5 Å². The summed E-state index contributed by atoms with van der Waals surface area (Å²) < 4.78 is 5.05. The van der Waals surface area contributed by atoms with E-state index in [0.29, 0.717) is 16.8 Å². The normalized spacial score (nSPS) is 10.4. The van der Waals surface area contributed by atoms with Gasteiger partial charge in [-0.05, 0) is 42.0 Å². The van der Waals surface area contributed by atoms with Crippen LogP contribution in [0.5, 0.6) is 11.5 Å². The van der Waals surface area contributed by atoms with Gasteiger partial charge in [-0.3, -0.25) is 9.59 Å². The van der Waals surface area contributed by atoms with Gasteiger partial charge in [-0.25, -0.2) is 9.89 Å². The molecule has 29 heavy (non-hydrogen) atoms. The second-order valence-corrected chi connectivity index (χ2v) is 6.07. The predicted octanol–water partition coefficient (Wildman–Crippen LogP) is 1.78. The summed E-state index contributed by atoms with van der Waals surface area (Å²) in [5.74, 6) is -1.47. The lowest BCUT2D eigenvalue weighted by Crippen LogP contribution is -2.29. The molecule has 0 fully saturated rings. The van der Waals surface area contributed by atoms with Crippen molar-refractivity contribution in [1.29, 1.82) is 0 Å². The van der Waals surface area contributed by atoms with Crippen LogP contribution in [0.1, 0.15) is 26.3 Å². The molecule has 0 saturated carbocycles. The fourth-order valence-electron chi connectivity index (χ4n) is 2.60. The van der Waals surface area contributed by atoms with E-state index < -0.39 is 17.4 Å². The molecule has 0 aliphatic heterocycles. The molecular formula is C20H17N3O6. The summed E-state index contributed by atoms with van der Waals surface area (Å²) in [5, 5.41) is 27.4. The first-order chi connectivity index (χ1) is 13.9. The van der Waals surface area contributed by atoms with Crippen molar-refractivity contribution in [2.75, 3.05) is 7.11 Å². The standard InChI is InChI=1S/C20H17N3O6/c1-29-17-8-13(6-7-16(17)24)15-9-14(19(26)23-22-15)18(25)21-10-11-2-4-12(5-3-11)20(27)28/h2-9,24H,10H2,1H3,(H,21,25)(H,23,26)(H,27,28). The smallest absolute Gasteiger partial charge is 0.335 e. The molecule has 0 unspecified atom stereocenters. The van der Waals surface area contributed by atoms with Crippen LogP contribution < -0.4 is 15.6 Å².